The topological polar surface area (TPSA) is 38.3 Å². The summed E-state index contributed by atoms with van der Waals surface area (Å²) in [5, 5.41) is 3.51. The van der Waals surface area contributed by atoms with E-state index in [-0.39, 0.29) is 12.0 Å². The van der Waals surface area contributed by atoms with Crippen molar-refractivity contribution in [1.29, 1.82) is 0 Å². The summed E-state index contributed by atoms with van der Waals surface area (Å²) in [5.74, 6) is -0.711. The van der Waals surface area contributed by atoms with Gasteiger partial charge >= 0.3 is 5.97 Å². The Bertz CT molecular complexity index is 788. The number of ether oxygens (including phenoxy) is 1. The predicted octanol–water partition coefficient (Wildman–Crippen LogP) is 4.80. The van der Waals surface area contributed by atoms with Crippen molar-refractivity contribution in [3.63, 3.8) is 0 Å². The summed E-state index contributed by atoms with van der Waals surface area (Å²) >= 11 is 0. The lowest BCUT2D eigenvalue weighted by molar-refractivity contribution is -0.142. The Labute approximate surface area is 148 Å². The molecular formula is C22H21NO2. The van der Waals surface area contributed by atoms with E-state index in [0.717, 1.165) is 16.8 Å². The maximum absolute atomic E-state index is 12.7. The highest BCUT2D eigenvalue weighted by Crippen LogP contribution is 2.35. The van der Waals surface area contributed by atoms with Crippen LogP contribution in [0.1, 0.15) is 23.1 Å². The lowest BCUT2D eigenvalue weighted by Gasteiger charge is -2.28. The summed E-state index contributed by atoms with van der Waals surface area (Å²) in [6.07, 6.45) is 0. The van der Waals surface area contributed by atoms with Gasteiger partial charge in [-0.05, 0) is 23.3 Å². The second-order valence-corrected chi connectivity index (χ2v) is 5.81. The molecule has 0 amide bonds. The molecule has 0 bridgehead atoms. The molecule has 0 aromatic heterocycles. The Morgan fingerprint density at radius 2 is 1.24 bits per heavy atom. The number of anilines is 1. The molecule has 0 fully saturated rings. The van der Waals surface area contributed by atoms with Crippen molar-refractivity contribution in [2.24, 2.45) is 0 Å². The molecule has 3 aromatic rings. The number of methoxy groups -OCH3 is 1. The van der Waals surface area contributed by atoms with E-state index in [9.17, 15) is 4.79 Å². The molecule has 1 N–H and O–H groups in total. The number of nitrogens with one attached hydrogen (secondary N) is 1. The van der Waals surface area contributed by atoms with E-state index < -0.39 is 5.92 Å². The van der Waals surface area contributed by atoms with E-state index in [2.05, 4.69) is 5.32 Å². The molecule has 0 saturated carbocycles. The van der Waals surface area contributed by atoms with Crippen LogP contribution in [0.25, 0.3) is 0 Å². The number of rotatable bonds is 6. The van der Waals surface area contributed by atoms with Gasteiger partial charge in [-0.3, -0.25) is 4.79 Å². The quantitative estimate of drug-likeness (QED) is 0.660. The van der Waals surface area contributed by atoms with Gasteiger partial charge in [-0.1, -0.05) is 78.9 Å². The molecule has 0 radical (unpaired) electrons. The smallest absolute Gasteiger partial charge is 0.315 e. The summed E-state index contributed by atoms with van der Waals surface area (Å²) in [6.45, 7) is 0. The normalized spacial score (nSPS) is 12.8. The molecule has 0 aliphatic heterocycles. The van der Waals surface area contributed by atoms with E-state index in [1.807, 2.05) is 91.0 Å². The number of carbonyl (C=O) groups is 1. The van der Waals surface area contributed by atoms with Gasteiger partial charge in [-0.25, -0.2) is 0 Å². The van der Waals surface area contributed by atoms with Crippen molar-refractivity contribution in [3.05, 3.63) is 102 Å². The first kappa shape index (κ1) is 16.8. The molecule has 3 nitrogen and oxygen atoms in total. The van der Waals surface area contributed by atoms with Crippen molar-refractivity contribution in [2.75, 3.05) is 12.4 Å². The van der Waals surface area contributed by atoms with E-state index in [0.29, 0.717) is 0 Å². The van der Waals surface area contributed by atoms with Gasteiger partial charge in [-0.2, -0.15) is 0 Å². The summed E-state index contributed by atoms with van der Waals surface area (Å²) < 4.78 is 5.13. The molecule has 0 heterocycles. The minimum Gasteiger partial charge on any atom is -0.468 e. The van der Waals surface area contributed by atoms with Gasteiger partial charge < -0.3 is 10.1 Å². The van der Waals surface area contributed by atoms with Crippen molar-refractivity contribution >= 4 is 11.7 Å². The lowest BCUT2D eigenvalue weighted by Crippen LogP contribution is -2.27. The van der Waals surface area contributed by atoms with Crippen molar-refractivity contribution in [2.45, 2.75) is 12.0 Å². The third-order valence-electron chi connectivity index (χ3n) is 4.20. The van der Waals surface area contributed by atoms with Crippen molar-refractivity contribution < 1.29 is 9.53 Å². The second-order valence-electron chi connectivity index (χ2n) is 5.81. The number of para-hydroxylation sites is 1. The predicted molar refractivity (Wildman–Crippen MR) is 100 cm³/mol. The fraction of sp³-hybridized carbons (Fsp3) is 0.136. The zero-order valence-corrected chi connectivity index (χ0v) is 14.1. The highest BCUT2D eigenvalue weighted by atomic mass is 16.5. The molecule has 3 rings (SSSR count). The van der Waals surface area contributed by atoms with Crippen LogP contribution >= 0.6 is 0 Å². The van der Waals surface area contributed by atoms with Crippen LogP contribution in [-0.2, 0) is 9.53 Å². The van der Waals surface area contributed by atoms with Crippen LogP contribution in [0.5, 0.6) is 0 Å². The van der Waals surface area contributed by atoms with Crippen LogP contribution in [0.4, 0.5) is 5.69 Å². The van der Waals surface area contributed by atoms with Crippen LogP contribution in [0.2, 0.25) is 0 Å². The Balaban J connectivity index is 2.05. The van der Waals surface area contributed by atoms with Gasteiger partial charge in [0, 0.05) is 5.69 Å². The largest absolute Gasteiger partial charge is 0.468 e. The SMILES string of the molecule is COC(=O)[C@@H](c1ccccc1)[C@H](Nc1ccccc1)c1ccccc1. The van der Waals surface area contributed by atoms with Gasteiger partial charge in [0.15, 0.2) is 0 Å². The molecule has 3 aromatic carbocycles. The molecule has 0 spiro atoms. The highest BCUT2D eigenvalue weighted by molar-refractivity contribution is 5.80. The third-order valence-corrected chi connectivity index (χ3v) is 4.20. The first-order valence-electron chi connectivity index (χ1n) is 8.29. The summed E-state index contributed by atoms with van der Waals surface area (Å²) in [5.41, 5.74) is 2.92. The first-order valence-corrected chi connectivity index (χ1v) is 8.29. The van der Waals surface area contributed by atoms with E-state index in [1.165, 1.54) is 7.11 Å². The minimum absolute atomic E-state index is 0.238. The fourth-order valence-corrected chi connectivity index (χ4v) is 2.99. The number of esters is 1. The molecule has 25 heavy (non-hydrogen) atoms. The number of hydrogen-bond donors (Lipinski definition) is 1. The van der Waals surface area contributed by atoms with E-state index in [4.69, 9.17) is 4.74 Å². The number of benzene rings is 3. The van der Waals surface area contributed by atoms with E-state index >= 15 is 0 Å². The Kier molecular flexibility index (Phi) is 5.47. The average Bonchev–Trinajstić information content (AvgIpc) is 2.69. The van der Waals surface area contributed by atoms with E-state index in [1.54, 1.807) is 0 Å². The van der Waals surface area contributed by atoms with Gasteiger partial charge in [0.2, 0.25) is 0 Å². The van der Waals surface area contributed by atoms with Gasteiger partial charge in [0.1, 0.15) is 5.92 Å². The summed E-state index contributed by atoms with van der Waals surface area (Å²) in [6, 6.07) is 29.4. The van der Waals surface area contributed by atoms with Crippen LogP contribution < -0.4 is 5.32 Å². The highest BCUT2D eigenvalue weighted by Gasteiger charge is 2.32. The van der Waals surface area contributed by atoms with Gasteiger partial charge in [0.05, 0.1) is 13.2 Å². The van der Waals surface area contributed by atoms with Crippen LogP contribution in [0, 0.1) is 0 Å². The molecule has 2 atom stereocenters. The fourth-order valence-electron chi connectivity index (χ4n) is 2.99. The molecule has 3 heteroatoms. The molecule has 0 unspecified atom stereocenters. The molecular weight excluding hydrogens is 310 g/mol. The monoisotopic (exact) mass is 331 g/mol. The standard InChI is InChI=1S/C22H21NO2/c1-25-22(24)20(17-11-5-2-6-12-17)21(18-13-7-3-8-14-18)23-19-15-9-4-10-16-19/h2-16,20-21,23H,1H3/t20-,21+/m0/s1. The number of hydrogen-bond acceptors (Lipinski definition) is 3. The van der Waals surface area contributed by atoms with Gasteiger partial charge in [0.25, 0.3) is 0 Å². The van der Waals surface area contributed by atoms with Crippen molar-refractivity contribution in [3.8, 4) is 0 Å². The summed E-state index contributed by atoms with van der Waals surface area (Å²) in [7, 11) is 1.43. The molecule has 126 valence electrons. The molecule has 0 saturated heterocycles. The number of carbonyl (C=O) groups excluding carboxylic acids is 1. The summed E-state index contributed by atoms with van der Waals surface area (Å²) in [4.78, 5) is 12.7. The molecule has 0 aliphatic carbocycles. The zero-order valence-electron chi connectivity index (χ0n) is 14.1. The zero-order chi connectivity index (χ0) is 17.5. The lowest BCUT2D eigenvalue weighted by atomic mass is 9.86. The molecule has 0 aliphatic rings. The van der Waals surface area contributed by atoms with Crippen LogP contribution in [-0.4, -0.2) is 13.1 Å². The average molecular weight is 331 g/mol. The Hall–Kier alpha value is -3.07. The maximum atomic E-state index is 12.7. The Morgan fingerprint density at radius 3 is 1.76 bits per heavy atom. The maximum Gasteiger partial charge on any atom is 0.315 e. The van der Waals surface area contributed by atoms with Crippen LogP contribution in [0.15, 0.2) is 91.0 Å². The first-order chi connectivity index (χ1) is 12.3. The van der Waals surface area contributed by atoms with Crippen molar-refractivity contribution in [1.82, 2.24) is 0 Å². The van der Waals surface area contributed by atoms with Crippen LogP contribution in [0.3, 0.4) is 0 Å². The second kappa shape index (κ2) is 8.15. The minimum atomic E-state index is -0.450. The van der Waals surface area contributed by atoms with Gasteiger partial charge in [-0.15, -0.1) is 0 Å². The Morgan fingerprint density at radius 1 is 0.760 bits per heavy atom. The third kappa shape index (κ3) is 4.07.